The van der Waals surface area contributed by atoms with E-state index in [1.54, 1.807) is 61.5 Å². The Morgan fingerprint density at radius 3 is 1.22 bits per heavy atom. The molecule has 4 aromatic rings. The molecule has 4 bridgehead atoms. The van der Waals surface area contributed by atoms with Crippen molar-refractivity contribution in [1.29, 1.82) is 0 Å². The lowest BCUT2D eigenvalue weighted by molar-refractivity contribution is -0.234. The number of aromatic nitrogens is 6. The summed E-state index contributed by atoms with van der Waals surface area (Å²) in [7, 11) is 39.5. The number of amides is 2. The number of nitrogens with one attached hydrogen (secondary N) is 2. The van der Waals surface area contributed by atoms with Gasteiger partial charge in [0.15, 0.2) is 23.1 Å². The third kappa shape index (κ3) is 28.7. The Morgan fingerprint density at radius 1 is 0.531 bits per heavy atom. The number of carbonyl (C=O) groups excluding carboxylic acids is 8. The number of aliphatic hydroxyl groups excluding tert-OH is 2. The number of hydrogen-bond donors (Lipinski definition) is 13. The number of carboxylic acid groups (broad SMARTS) is 4. The molecule has 6 saturated carbocycles. The molecule has 14 N–H and O–H groups in total. The number of fused-ring (bicyclic) bond motifs is 2. The summed E-state index contributed by atoms with van der Waals surface area (Å²) >= 11 is 6.79. The fourth-order valence-electron chi connectivity index (χ4n) is 21.7. The number of ether oxygens (including phenoxy) is 2. The number of nitrogens with zero attached hydrogens (tertiary/aromatic N) is 6. The number of benzene rings is 2. The monoisotopic (exact) mass is 2590 g/mol. The van der Waals surface area contributed by atoms with Gasteiger partial charge in [-0.2, -0.15) is 12.6 Å². The summed E-state index contributed by atoms with van der Waals surface area (Å²) in [4.78, 5) is 201. The number of carboxylic acids is 4. The second kappa shape index (κ2) is 57.3. The molecule has 2 aliphatic heterocycles. The van der Waals surface area contributed by atoms with Crippen molar-refractivity contribution < 1.29 is 108 Å². The Labute approximate surface area is 906 Å². The zero-order chi connectivity index (χ0) is 108. The lowest BCUT2D eigenvalue weighted by Crippen LogP contribution is -2.69. The van der Waals surface area contributed by atoms with Gasteiger partial charge in [-0.3, -0.25) is 57.5 Å². The summed E-state index contributed by atoms with van der Waals surface area (Å²) in [6, 6.07) is 12.8. The Balaban J connectivity index is 0.000000260. The number of rotatable bonds is 40. The summed E-state index contributed by atoms with van der Waals surface area (Å²) in [6.45, 7) is 12.5. The van der Waals surface area contributed by atoms with Gasteiger partial charge in [0.25, 0.3) is 0 Å². The van der Waals surface area contributed by atoms with Crippen molar-refractivity contribution in [3.05, 3.63) is 126 Å². The van der Waals surface area contributed by atoms with E-state index in [9.17, 15) is 97.1 Å². The number of ketones is 4. The topological polar surface area (TPSA) is 559 Å². The minimum Gasteiger partial charge on any atom is -0.481 e. The third-order valence-corrected chi connectivity index (χ3v) is 179. The van der Waals surface area contributed by atoms with E-state index in [4.69, 9.17) is 41.4 Å². The highest BCUT2D eigenvalue weighted by molar-refractivity contribution is 14.1. The van der Waals surface area contributed by atoms with Crippen LogP contribution < -0.4 is 44.9 Å². The van der Waals surface area contributed by atoms with Crippen LogP contribution in [-0.4, -0.2) is 221 Å². The molecule has 15 unspecified atom stereocenters. The molecule has 808 valence electrons. The van der Waals surface area contributed by atoms with Crippen molar-refractivity contribution in [2.45, 2.75) is 238 Å². The largest absolute Gasteiger partial charge is 0.481 e. The normalized spacial score (nSPS) is 27.9. The second-order valence-corrected chi connectivity index (χ2v) is 129. The van der Waals surface area contributed by atoms with E-state index in [1.807, 2.05) is 75.4 Å². The number of aliphatic carboxylic acids is 4. The van der Waals surface area contributed by atoms with Crippen molar-refractivity contribution in [3.8, 4) is 11.4 Å². The molecular formula is C83H136IN10O26P23S2. The van der Waals surface area contributed by atoms with E-state index in [1.165, 1.54) is 18.7 Å². The molecule has 6 aliphatic carbocycles. The van der Waals surface area contributed by atoms with Crippen LogP contribution >= 0.6 is 232 Å². The SMILES string of the molecule is C.C[C@@H]1CC[C@@]23C[C@H](O)C(=O)[C@@]2(O)[C@]1(C)[C@H](OC(=O)CI)C[C@@H](C1=CCn2c(=O)n(-c4ccccc4)c(=O)n2C1)[C@@H]3C.C[C@@H]1CC[C@@]23C[C@H](O)C(=O)[C@@]2(O)[C@]1(C)[C@H](OC(=O)CSC[C@H](NC(=O)CC[C@H](N)C(=O)O)C(=O)CCC(=O)O)C[C@@H](C1=CCn2c(=O)n(-c4ccccc4)c(=O)n2C1)[C@@H]3C.N[C@@H](CCC(=O)N[C@@H](CS)C(=O)CCC(=O)O)C(=O)O.PPP(P)P(P(P)P)P(P(P(P)P)P(P)P)P(P(P)P)P(P)P. The predicted octanol–water partition coefficient (Wildman–Crippen LogP) is 15.6. The minimum absolute atomic E-state index is 0. The molecule has 0 spiro atoms. The van der Waals surface area contributed by atoms with Gasteiger partial charge in [0, 0.05) is 58.8 Å². The Hall–Kier alpha value is 0.920. The van der Waals surface area contributed by atoms with E-state index in [-0.39, 0.29) is 207 Å². The van der Waals surface area contributed by atoms with Crippen LogP contribution in [0.25, 0.3) is 11.4 Å². The van der Waals surface area contributed by atoms with Gasteiger partial charge in [-0.25, -0.2) is 47.0 Å². The number of thiol groups is 1. The molecule has 62 heteroatoms. The van der Waals surface area contributed by atoms with E-state index in [0.717, 1.165) is 40.0 Å². The number of aliphatic hydroxyl groups is 4. The van der Waals surface area contributed by atoms with Crippen LogP contribution in [0, 0.1) is 57.2 Å². The van der Waals surface area contributed by atoms with Crippen molar-refractivity contribution in [3.63, 3.8) is 0 Å². The Bertz CT molecular complexity index is 5650. The van der Waals surface area contributed by atoms with E-state index in [2.05, 4.69) is 130 Å². The van der Waals surface area contributed by atoms with Gasteiger partial charge in [-0.05, 0) is 205 Å². The summed E-state index contributed by atoms with van der Waals surface area (Å²) in [5, 5.41) is 87.8. The van der Waals surface area contributed by atoms with Gasteiger partial charge in [0.2, 0.25) is 11.8 Å². The van der Waals surface area contributed by atoms with E-state index in [0.29, 0.717) is 43.5 Å². The summed E-state index contributed by atoms with van der Waals surface area (Å²) in [5.41, 5.74) is 2.83. The molecular weight excluding hydrogens is 2460 g/mol. The first-order valence-corrected chi connectivity index (χ1v) is 90.1. The number of Topliss-reactive ketones (excluding diaryl/α,β-unsaturated/α-hetero) is 4. The lowest BCUT2D eigenvalue weighted by Gasteiger charge is -2.60. The molecule has 2 aromatic carbocycles. The predicted molar refractivity (Wildman–Crippen MR) is 646 cm³/mol. The number of nitrogens with two attached hydrogens (primary N) is 2. The zero-order valence-electron chi connectivity index (χ0n) is 79.9. The average molecular weight is 2590 g/mol. The third-order valence-electron chi connectivity index (χ3n) is 29.5. The van der Waals surface area contributed by atoms with Crippen LogP contribution in [0.2, 0.25) is 0 Å². The molecule has 2 aromatic heterocycles. The van der Waals surface area contributed by atoms with Gasteiger partial charge >= 0.3 is 58.6 Å². The molecule has 12 rings (SSSR count). The number of hydrogen-bond acceptors (Lipinski definition) is 26. The van der Waals surface area contributed by atoms with E-state index < -0.39 is 200 Å². The highest BCUT2D eigenvalue weighted by Crippen LogP contribution is 3.33. The number of thioether (sulfide) groups is 1. The van der Waals surface area contributed by atoms with Gasteiger partial charge in [-0.1, -0.05) is 128 Å². The maximum Gasteiger partial charge on any atom is 0.352 e. The number of para-hydroxylation sites is 2. The maximum atomic E-state index is 14.1. The van der Waals surface area contributed by atoms with Crippen LogP contribution in [-0.2, 0) is 93.2 Å². The van der Waals surface area contributed by atoms with Crippen LogP contribution in [0.4, 0.5) is 0 Å². The van der Waals surface area contributed by atoms with Crippen molar-refractivity contribution in [1.82, 2.24) is 38.5 Å². The summed E-state index contributed by atoms with van der Waals surface area (Å²) in [5.74, 6) is -12.1. The molecule has 0 radical (unpaired) electrons. The summed E-state index contributed by atoms with van der Waals surface area (Å²) < 4.78 is 20.3. The standard InChI is InChI=1S/C41H53N5O13S.C30H36IN3O7.C11H18N2O6S.CH4.H25P23/c1-22-13-15-40-18-30(48)35(53)41(40,58)39(22,3)31(59-34(52)21-60-20-28(29(47)10-12-33(50)51)43-32(49)11-9-27(42)36(54)55)17-26(23(40)2)24-14-16-44-37(56)46(38(57)45(44)19-24)25-7-5-4-6-8-25;1-17-9-11-29-14-22(35)25(37)30(29,40)28(17,3)23(41-24(36)15-31)13-21(18(29)2)19-10-12-32-26(38)34(27(39)33(32)16-19)20-7-5-4-6-8-20;12-6(11(18)19)1-3-9(15)13-7(5-20)8(14)2-4-10(16)17;;1-13-19(12)22(18(10)11)23(20(14(2)3)15(4)5)21(16(6)7)17(8)9/h4-8,14,22-23,26-28,30-31,48,58H,9-13,15-21,42H2,1-3H3,(H,43,49)(H,50,51)(H,54,55);4-8,10,17-18,21-23,35,40H,9,11-16H2,1-3H3;6-7,20H,1-5,12H2,(H,13,15)(H,16,17)(H,18,19);1H4;13H,1-12H2/t22-,23+,26-,27+,28+,30+,31-,39+,40+,41-;17-,18+,21-,22+,23-,28+,29+,30-;6-,7-;;/m110../s1. The number of alkyl halides is 1. The smallest absolute Gasteiger partial charge is 0.352 e. The second-order valence-electron chi connectivity index (χ2n) is 37.1. The highest BCUT2D eigenvalue weighted by Gasteiger charge is 2.81. The molecule has 8 aliphatic rings. The van der Waals surface area contributed by atoms with Gasteiger partial charge in [0.1, 0.15) is 47.7 Å². The first-order valence-electron chi connectivity index (χ1n) is 45.5. The average Bonchev–Trinajstić information content (AvgIpc) is 1.51. The molecule has 0 saturated heterocycles. The molecule has 145 heavy (non-hydrogen) atoms. The molecule has 4 heterocycles. The summed E-state index contributed by atoms with van der Waals surface area (Å²) in [6.07, 6.45) is -0.116. The highest BCUT2D eigenvalue weighted by atomic mass is 127. The molecule has 36 nitrogen and oxygen atoms in total. The Morgan fingerprint density at radius 2 is 0.883 bits per heavy atom. The molecule has 2 amide bonds. The van der Waals surface area contributed by atoms with Crippen LogP contribution in [0.1, 0.15) is 152 Å². The van der Waals surface area contributed by atoms with Crippen LogP contribution in [0.5, 0.6) is 0 Å². The maximum absolute atomic E-state index is 14.1. The number of allylic oxidation sites excluding steroid dienone is 4. The number of halogens is 1. The number of esters is 2. The van der Waals surface area contributed by atoms with Gasteiger partial charge < -0.3 is 72.4 Å². The van der Waals surface area contributed by atoms with Crippen molar-refractivity contribution in [2.75, 3.05) is 21.7 Å². The quantitative estimate of drug-likeness (QED) is 0.00491. The number of carbonyl (C=O) groups is 12. The van der Waals surface area contributed by atoms with Crippen LogP contribution in [0.15, 0.2) is 103 Å². The van der Waals surface area contributed by atoms with Crippen LogP contribution in [0.3, 0.4) is 0 Å². The Kier molecular flexibility index (Phi) is 51.8. The minimum atomic E-state index is -2.11. The molecule has 35 atom stereocenters. The molecule has 6 fully saturated rings. The fraction of sp³-hybridized carbons (Fsp3) is 0.614. The zero-order valence-corrected chi connectivity index (χ0v) is 108. The van der Waals surface area contributed by atoms with Crippen molar-refractivity contribution in [2.24, 2.45) is 68.6 Å². The van der Waals surface area contributed by atoms with Gasteiger partial charge in [0.05, 0.1) is 72.7 Å². The van der Waals surface area contributed by atoms with Gasteiger partial charge in [-0.15, -0.1) is 119 Å². The van der Waals surface area contributed by atoms with E-state index >= 15 is 0 Å². The van der Waals surface area contributed by atoms with Crippen molar-refractivity contribution >= 4 is 303 Å². The fourth-order valence-corrected chi connectivity index (χ4v) is 305. The first-order chi connectivity index (χ1) is 67.4. The first kappa shape index (κ1) is 131. The lowest BCUT2D eigenvalue weighted by atomic mass is 9.46.